The first-order valence-electron chi connectivity index (χ1n) is 10.1. The summed E-state index contributed by atoms with van der Waals surface area (Å²) in [5.41, 5.74) is 2.29. The van der Waals surface area contributed by atoms with Crippen molar-refractivity contribution in [2.45, 2.75) is 65.9 Å². The van der Waals surface area contributed by atoms with Crippen LogP contribution in [0.2, 0.25) is 0 Å². The summed E-state index contributed by atoms with van der Waals surface area (Å²) in [6, 6.07) is 6.21. The summed E-state index contributed by atoms with van der Waals surface area (Å²) in [5, 5.41) is 3.03. The van der Waals surface area contributed by atoms with E-state index in [1.165, 1.54) is 25.9 Å². The second-order valence-corrected chi connectivity index (χ2v) is 8.15. The molecule has 1 heterocycles. The zero-order valence-electron chi connectivity index (χ0n) is 17.2. The minimum Gasteiger partial charge on any atom is -0.481 e. The second kappa shape index (κ2) is 9.96. The number of nitrogens with zero attached hydrogens (tertiary/aromatic N) is 1. The van der Waals surface area contributed by atoms with Crippen molar-refractivity contribution in [3.63, 3.8) is 0 Å². The first kappa shape index (κ1) is 20.8. The van der Waals surface area contributed by atoms with Crippen LogP contribution in [0.5, 0.6) is 5.75 Å². The maximum atomic E-state index is 12.4. The van der Waals surface area contributed by atoms with E-state index in [4.69, 9.17) is 4.74 Å². The van der Waals surface area contributed by atoms with Gasteiger partial charge in [-0.15, -0.1) is 0 Å². The van der Waals surface area contributed by atoms with Crippen molar-refractivity contribution in [2.24, 2.45) is 5.92 Å². The molecule has 1 aromatic rings. The lowest BCUT2D eigenvalue weighted by molar-refractivity contribution is -0.127. The monoisotopic (exact) mass is 360 g/mol. The molecule has 0 radical (unpaired) electrons. The Kier molecular flexibility index (Phi) is 7.95. The van der Waals surface area contributed by atoms with E-state index in [0.29, 0.717) is 12.5 Å². The van der Waals surface area contributed by atoms with Gasteiger partial charge in [-0.2, -0.15) is 0 Å². The molecule has 0 saturated carbocycles. The smallest absolute Gasteiger partial charge is 0.260 e. The average Bonchev–Trinajstić information content (AvgIpc) is 2.58. The highest BCUT2D eigenvalue weighted by Crippen LogP contribution is 2.28. The second-order valence-electron chi connectivity index (χ2n) is 8.15. The van der Waals surface area contributed by atoms with E-state index >= 15 is 0 Å². The van der Waals surface area contributed by atoms with Gasteiger partial charge in [-0.05, 0) is 75.2 Å². The predicted octanol–water partition coefficient (Wildman–Crippen LogP) is 4.12. The summed E-state index contributed by atoms with van der Waals surface area (Å²) < 4.78 is 5.99. The van der Waals surface area contributed by atoms with Crippen molar-refractivity contribution in [3.8, 4) is 5.75 Å². The predicted molar refractivity (Wildman–Crippen MR) is 108 cm³/mol. The minimum atomic E-state index is -0.482. The molecule has 0 spiro atoms. The number of carbonyl (C=O) groups is 1. The molecule has 4 heteroatoms. The molecule has 1 aromatic carbocycles. The van der Waals surface area contributed by atoms with E-state index < -0.39 is 6.10 Å². The summed E-state index contributed by atoms with van der Waals surface area (Å²) in [6.07, 6.45) is 3.16. The Morgan fingerprint density at radius 2 is 2.12 bits per heavy atom. The molecule has 146 valence electrons. The number of nitrogens with one attached hydrogen (secondary N) is 1. The van der Waals surface area contributed by atoms with E-state index in [-0.39, 0.29) is 5.91 Å². The zero-order valence-corrected chi connectivity index (χ0v) is 17.2. The molecule has 1 aliphatic heterocycles. The minimum absolute atomic E-state index is 0.0341. The van der Waals surface area contributed by atoms with Crippen LogP contribution >= 0.6 is 0 Å². The van der Waals surface area contributed by atoms with Gasteiger partial charge in [-0.25, -0.2) is 0 Å². The molecule has 1 fully saturated rings. The number of piperidine rings is 1. The van der Waals surface area contributed by atoms with Crippen LogP contribution in [0.15, 0.2) is 18.2 Å². The lowest BCUT2D eigenvalue weighted by Gasteiger charge is -2.30. The zero-order chi connectivity index (χ0) is 19.1. The number of likely N-dealkylation sites (tertiary alicyclic amines) is 1. The quantitative estimate of drug-likeness (QED) is 0.709. The van der Waals surface area contributed by atoms with Gasteiger partial charge in [0.15, 0.2) is 6.10 Å². The summed E-state index contributed by atoms with van der Waals surface area (Å²) >= 11 is 0. The Labute approximate surface area is 159 Å². The largest absolute Gasteiger partial charge is 0.481 e. The first-order chi connectivity index (χ1) is 12.4. The summed E-state index contributed by atoms with van der Waals surface area (Å²) in [4.78, 5) is 14.9. The number of hydrogen-bond donors (Lipinski definition) is 1. The number of rotatable bonds is 8. The van der Waals surface area contributed by atoms with Gasteiger partial charge in [-0.1, -0.05) is 32.9 Å². The van der Waals surface area contributed by atoms with Gasteiger partial charge in [0.05, 0.1) is 0 Å². The highest BCUT2D eigenvalue weighted by Gasteiger charge is 2.18. The molecule has 1 N–H and O–H groups in total. The molecule has 0 bridgehead atoms. The Hall–Kier alpha value is -1.55. The SMILES string of the molecule is Cc1ccc(C(C)C)c(O[C@H](C)C(=O)NCCCN2CCC[C@H](C)C2)c1. The third kappa shape index (κ3) is 6.31. The standard InChI is InChI=1S/C22H36N2O2/c1-16(2)20-10-9-17(3)14-21(20)26-19(5)22(25)23-11-7-13-24-12-6-8-18(4)15-24/h9-10,14,16,18-19H,6-8,11-13,15H2,1-5H3,(H,23,25)/t18-,19+/m0/s1. The fraction of sp³-hybridized carbons (Fsp3) is 0.682. The van der Waals surface area contributed by atoms with Crippen LogP contribution in [0.25, 0.3) is 0 Å². The number of amides is 1. The van der Waals surface area contributed by atoms with Gasteiger partial charge >= 0.3 is 0 Å². The van der Waals surface area contributed by atoms with Crippen LogP contribution in [0.3, 0.4) is 0 Å². The molecule has 4 nitrogen and oxygen atoms in total. The van der Waals surface area contributed by atoms with E-state index in [9.17, 15) is 4.79 Å². The summed E-state index contributed by atoms with van der Waals surface area (Å²) in [6.45, 7) is 14.6. The van der Waals surface area contributed by atoms with Crippen molar-refractivity contribution < 1.29 is 9.53 Å². The van der Waals surface area contributed by atoms with Crippen LogP contribution in [0, 0.1) is 12.8 Å². The molecule has 1 aliphatic rings. The molecule has 2 atom stereocenters. The van der Waals surface area contributed by atoms with Crippen LogP contribution < -0.4 is 10.1 Å². The number of benzene rings is 1. The lowest BCUT2D eigenvalue weighted by Crippen LogP contribution is -2.39. The first-order valence-corrected chi connectivity index (χ1v) is 10.1. The van der Waals surface area contributed by atoms with Crippen LogP contribution in [-0.4, -0.2) is 43.1 Å². The van der Waals surface area contributed by atoms with Gasteiger partial charge in [0, 0.05) is 13.1 Å². The molecule has 2 rings (SSSR count). The maximum absolute atomic E-state index is 12.4. The normalized spacial score (nSPS) is 19.4. The van der Waals surface area contributed by atoms with Crippen LogP contribution in [-0.2, 0) is 4.79 Å². The fourth-order valence-electron chi connectivity index (χ4n) is 3.61. The average molecular weight is 361 g/mol. The number of carbonyl (C=O) groups excluding carboxylic acids is 1. The van der Waals surface area contributed by atoms with E-state index in [2.05, 4.69) is 43.1 Å². The Balaban J connectivity index is 1.76. The molecule has 0 aliphatic carbocycles. The van der Waals surface area contributed by atoms with Crippen molar-refractivity contribution in [1.82, 2.24) is 10.2 Å². The molecule has 1 saturated heterocycles. The van der Waals surface area contributed by atoms with Gasteiger partial charge in [0.25, 0.3) is 5.91 Å². The summed E-state index contributed by atoms with van der Waals surface area (Å²) in [5.74, 6) is 1.96. The molecular formula is C22H36N2O2. The van der Waals surface area contributed by atoms with Gasteiger partial charge in [0.1, 0.15) is 5.75 Å². The highest BCUT2D eigenvalue weighted by atomic mass is 16.5. The summed E-state index contributed by atoms with van der Waals surface area (Å²) in [7, 11) is 0. The molecule has 26 heavy (non-hydrogen) atoms. The Morgan fingerprint density at radius 1 is 1.35 bits per heavy atom. The topological polar surface area (TPSA) is 41.6 Å². The van der Waals surface area contributed by atoms with E-state index in [1.54, 1.807) is 0 Å². The maximum Gasteiger partial charge on any atom is 0.260 e. The molecule has 0 aromatic heterocycles. The van der Waals surface area contributed by atoms with E-state index in [1.807, 2.05) is 19.9 Å². The van der Waals surface area contributed by atoms with Gasteiger partial charge in [-0.3, -0.25) is 4.79 Å². The third-order valence-corrected chi connectivity index (χ3v) is 5.16. The molecular weight excluding hydrogens is 324 g/mol. The Morgan fingerprint density at radius 3 is 2.81 bits per heavy atom. The Bertz CT molecular complexity index is 586. The lowest BCUT2D eigenvalue weighted by atomic mass is 10.0. The van der Waals surface area contributed by atoms with Crippen LogP contribution in [0.1, 0.15) is 64.0 Å². The molecule has 1 amide bonds. The van der Waals surface area contributed by atoms with Gasteiger partial charge < -0.3 is 15.0 Å². The van der Waals surface area contributed by atoms with E-state index in [0.717, 1.165) is 35.8 Å². The third-order valence-electron chi connectivity index (χ3n) is 5.16. The number of aryl methyl sites for hydroxylation is 1. The number of ether oxygens (including phenoxy) is 1. The number of hydrogen-bond acceptors (Lipinski definition) is 3. The van der Waals surface area contributed by atoms with Crippen molar-refractivity contribution in [2.75, 3.05) is 26.2 Å². The van der Waals surface area contributed by atoms with Crippen molar-refractivity contribution in [3.05, 3.63) is 29.3 Å². The van der Waals surface area contributed by atoms with Crippen LogP contribution in [0.4, 0.5) is 0 Å². The van der Waals surface area contributed by atoms with Gasteiger partial charge in [0.2, 0.25) is 0 Å². The van der Waals surface area contributed by atoms with Crippen molar-refractivity contribution in [1.29, 1.82) is 0 Å². The molecule has 0 unspecified atom stereocenters. The van der Waals surface area contributed by atoms with Crippen molar-refractivity contribution >= 4 is 5.91 Å². The highest BCUT2D eigenvalue weighted by molar-refractivity contribution is 5.80. The fourth-order valence-corrected chi connectivity index (χ4v) is 3.61.